The SMILES string of the molecule is CC(C)CCCCCCCCCS(=O)[O-]. The minimum absolute atomic E-state index is 0.341. The highest BCUT2D eigenvalue weighted by Crippen LogP contribution is 2.11. The second kappa shape index (κ2) is 10.6. The fraction of sp³-hybridized carbons (Fsp3) is 1.00. The van der Waals surface area contributed by atoms with Crippen LogP contribution in [0, 0.1) is 5.92 Å². The summed E-state index contributed by atoms with van der Waals surface area (Å²) in [5, 5.41) is 0. The Kier molecular flexibility index (Phi) is 10.7. The summed E-state index contributed by atoms with van der Waals surface area (Å²) in [6.07, 6.45) is 9.71. The molecule has 0 aromatic carbocycles. The lowest BCUT2D eigenvalue weighted by Crippen LogP contribution is -1.94. The van der Waals surface area contributed by atoms with Crippen molar-refractivity contribution in [3.63, 3.8) is 0 Å². The fourth-order valence-electron chi connectivity index (χ4n) is 1.66. The molecule has 0 amide bonds. The lowest BCUT2D eigenvalue weighted by molar-refractivity contribution is 0.508. The molecule has 1 atom stereocenters. The summed E-state index contributed by atoms with van der Waals surface area (Å²) in [5.41, 5.74) is 0. The van der Waals surface area contributed by atoms with Crippen LogP contribution in [0.25, 0.3) is 0 Å². The zero-order valence-corrected chi connectivity index (χ0v) is 11.0. The first kappa shape index (κ1) is 15.1. The van der Waals surface area contributed by atoms with Crippen molar-refractivity contribution >= 4 is 11.1 Å². The highest BCUT2D eigenvalue weighted by atomic mass is 32.2. The van der Waals surface area contributed by atoms with Crippen molar-refractivity contribution in [1.82, 2.24) is 0 Å². The third kappa shape index (κ3) is 14.1. The van der Waals surface area contributed by atoms with Crippen LogP contribution >= 0.6 is 0 Å². The van der Waals surface area contributed by atoms with Gasteiger partial charge in [0.05, 0.1) is 0 Å². The highest BCUT2D eigenvalue weighted by molar-refractivity contribution is 7.79. The van der Waals surface area contributed by atoms with Gasteiger partial charge in [0.2, 0.25) is 0 Å². The Labute approximate surface area is 97.1 Å². The molecule has 1 unspecified atom stereocenters. The Morgan fingerprint density at radius 2 is 1.40 bits per heavy atom. The fourth-order valence-corrected chi connectivity index (χ4v) is 2.10. The maximum Gasteiger partial charge on any atom is 0.0102 e. The van der Waals surface area contributed by atoms with Gasteiger partial charge in [-0.05, 0) is 12.3 Å². The van der Waals surface area contributed by atoms with Crippen molar-refractivity contribution in [3.8, 4) is 0 Å². The van der Waals surface area contributed by atoms with Crippen molar-refractivity contribution in [3.05, 3.63) is 0 Å². The van der Waals surface area contributed by atoms with Crippen LogP contribution in [0.3, 0.4) is 0 Å². The van der Waals surface area contributed by atoms with E-state index in [1.807, 2.05) is 0 Å². The third-order valence-electron chi connectivity index (χ3n) is 2.59. The Morgan fingerprint density at radius 1 is 0.933 bits per heavy atom. The predicted octanol–water partition coefficient (Wildman–Crippen LogP) is 3.64. The molecule has 0 rings (SSSR count). The van der Waals surface area contributed by atoms with Crippen LogP contribution in [0.5, 0.6) is 0 Å². The number of hydrogen-bond acceptors (Lipinski definition) is 2. The van der Waals surface area contributed by atoms with Gasteiger partial charge in [0.15, 0.2) is 0 Å². The van der Waals surface area contributed by atoms with Crippen LogP contribution in [0.4, 0.5) is 0 Å². The lowest BCUT2D eigenvalue weighted by Gasteiger charge is -2.05. The van der Waals surface area contributed by atoms with Crippen LogP contribution in [0.2, 0.25) is 0 Å². The van der Waals surface area contributed by atoms with Gasteiger partial charge in [-0.3, -0.25) is 4.21 Å². The molecule has 0 aromatic rings. The third-order valence-corrected chi connectivity index (χ3v) is 3.21. The van der Waals surface area contributed by atoms with Crippen molar-refractivity contribution < 1.29 is 8.76 Å². The zero-order valence-electron chi connectivity index (χ0n) is 10.2. The van der Waals surface area contributed by atoms with E-state index >= 15 is 0 Å². The highest BCUT2D eigenvalue weighted by Gasteiger charge is 1.95. The average Bonchev–Trinajstić information content (AvgIpc) is 2.14. The van der Waals surface area contributed by atoms with Crippen LogP contribution < -0.4 is 0 Å². The first-order valence-electron chi connectivity index (χ1n) is 6.18. The maximum absolute atomic E-state index is 10.2. The van der Waals surface area contributed by atoms with Crippen LogP contribution in [-0.2, 0) is 11.1 Å². The van der Waals surface area contributed by atoms with Crippen molar-refractivity contribution in [2.75, 3.05) is 5.75 Å². The van der Waals surface area contributed by atoms with Gasteiger partial charge in [0, 0.05) is 5.75 Å². The van der Waals surface area contributed by atoms with Crippen LogP contribution in [-0.4, -0.2) is 14.5 Å². The Balaban J connectivity index is 2.96. The smallest absolute Gasteiger partial charge is 0.0102 e. The van der Waals surface area contributed by atoms with Gasteiger partial charge in [0.1, 0.15) is 0 Å². The first-order chi connectivity index (χ1) is 7.13. The summed E-state index contributed by atoms with van der Waals surface area (Å²) in [6.45, 7) is 4.53. The molecule has 0 aliphatic carbocycles. The van der Waals surface area contributed by atoms with E-state index in [4.69, 9.17) is 0 Å². The van der Waals surface area contributed by atoms with E-state index in [1.165, 1.54) is 38.5 Å². The molecule has 0 saturated carbocycles. The molecule has 0 N–H and O–H groups in total. The van der Waals surface area contributed by atoms with Gasteiger partial charge in [-0.2, -0.15) is 0 Å². The molecule has 0 fully saturated rings. The Morgan fingerprint density at radius 3 is 1.87 bits per heavy atom. The molecule has 0 heterocycles. The average molecular weight is 233 g/mol. The molecule has 0 bridgehead atoms. The largest absolute Gasteiger partial charge is 0.772 e. The molecule has 92 valence electrons. The summed E-state index contributed by atoms with van der Waals surface area (Å²) in [6, 6.07) is 0. The van der Waals surface area contributed by atoms with Gasteiger partial charge in [-0.25, -0.2) is 0 Å². The zero-order chi connectivity index (χ0) is 11.5. The van der Waals surface area contributed by atoms with E-state index in [-0.39, 0.29) is 0 Å². The van der Waals surface area contributed by atoms with Crippen molar-refractivity contribution in [1.29, 1.82) is 0 Å². The van der Waals surface area contributed by atoms with Gasteiger partial charge < -0.3 is 4.55 Å². The quantitative estimate of drug-likeness (QED) is 0.427. The first-order valence-corrected chi connectivity index (χ1v) is 7.43. The molecule has 0 aliphatic heterocycles. The molecule has 0 saturated heterocycles. The molecule has 2 nitrogen and oxygen atoms in total. The Bertz CT molecular complexity index is 158. The summed E-state index contributed by atoms with van der Waals surface area (Å²) < 4.78 is 20.5. The standard InChI is InChI=1S/C12H26O2S/c1-12(2)10-8-6-4-3-5-7-9-11-15(13)14/h12H,3-11H2,1-2H3,(H,13,14)/p-1. The second-order valence-corrected chi connectivity index (χ2v) is 5.68. The van der Waals surface area contributed by atoms with Gasteiger partial charge in [-0.15, -0.1) is 0 Å². The van der Waals surface area contributed by atoms with Gasteiger partial charge >= 0.3 is 0 Å². The molecule has 0 aromatic heterocycles. The molecule has 0 aliphatic rings. The Hall–Kier alpha value is 0.110. The van der Waals surface area contributed by atoms with Gasteiger partial charge in [-0.1, -0.05) is 69.9 Å². The van der Waals surface area contributed by atoms with E-state index in [9.17, 15) is 8.76 Å². The van der Waals surface area contributed by atoms with Gasteiger partial charge in [0.25, 0.3) is 0 Å². The van der Waals surface area contributed by atoms with E-state index in [0.29, 0.717) is 5.75 Å². The molecule has 0 spiro atoms. The predicted molar refractivity (Wildman–Crippen MR) is 65.6 cm³/mol. The van der Waals surface area contributed by atoms with Crippen LogP contribution in [0.1, 0.15) is 65.2 Å². The minimum Gasteiger partial charge on any atom is -0.772 e. The number of hydrogen-bond donors (Lipinski definition) is 0. The normalized spacial score (nSPS) is 13.3. The van der Waals surface area contributed by atoms with Crippen molar-refractivity contribution in [2.24, 2.45) is 5.92 Å². The van der Waals surface area contributed by atoms with E-state index in [0.717, 1.165) is 18.8 Å². The van der Waals surface area contributed by atoms with E-state index < -0.39 is 11.1 Å². The van der Waals surface area contributed by atoms with E-state index in [1.54, 1.807) is 0 Å². The number of rotatable bonds is 10. The summed E-state index contributed by atoms with van der Waals surface area (Å²) in [4.78, 5) is 0. The summed E-state index contributed by atoms with van der Waals surface area (Å²) >= 11 is -1.83. The molecule has 0 radical (unpaired) electrons. The maximum atomic E-state index is 10.2. The molecule has 15 heavy (non-hydrogen) atoms. The van der Waals surface area contributed by atoms with Crippen molar-refractivity contribution in [2.45, 2.75) is 65.2 Å². The molecule has 3 heteroatoms. The topological polar surface area (TPSA) is 40.1 Å². The minimum atomic E-state index is -1.83. The monoisotopic (exact) mass is 233 g/mol. The van der Waals surface area contributed by atoms with E-state index in [2.05, 4.69) is 13.8 Å². The summed E-state index contributed by atoms with van der Waals surface area (Å²) in [5.74, 6) is 1.17. The van der Waals surface area contributed by atoms with Crippen LogP contribution in [0.15, 0.2) is 0 Å². The second-order valence-electron chi connectivity index (χ2n) is 4.67. The molecular weight excluding hydrogens is 208 g/mol. The lowest BCUT2D eigenvalue weighted by atomic mass is 10.0. The summed E-state index contributed by atoms with van der Waals surface area (Å²) in [7, 11) is 0. The number of unbranched alkanes of at least 4 members (excludes halogenated alkanes) is 6. The molecular formula is C12H25O2S-.